The standard InChI is InChI=1S/C20H16F2N4O5S/c1-12(31-19(28)13-9-14(21)11-15(22)10-13)18(27)25-16-3-5-17(6-4-16)32(29,30)26-20-23-7-2-8-24-20/h2-12H,1H3,(H,25,27)(H,23,24,26). The van der Waals surface area contributed by atoms with Crippen LogP contribution in [0.3, 0.4) is 0 Å². The van der Waals surface area contributed by atoms with E-state index in [1.54, 1.807) is 0 Å². The van der Waals surface area contributed by atoms with Crippen molar-refractivity contribution in [1.82, 2.24) is 9.97 Å². The van der Waals surface area contributed by atoms with Gasteiger partial charge in [-0.05, 0) is 49.4 Å². The van der Waals surface area contributed by atoms with E-state index in [0.29, 0.717) is 6.07 Å². The van der Waals surface area contributed by atoms with E-state index in [9.17, 15) is 26.8 Å². The van der Waals surface area contributed by atoms with Crippen LogP contribution in [-0.2, 0) is 19.6 Å². The highest BCUT2D eigenvalue weighted by Crippen LogP contribution is 2.17. The molecule has 0 saturated heterocycles. The SMILES string of the molecule is CC(OC(=O)c1cc(F)cc(F)c1)C(=O)Nc1ccc(S(=O)(=O)Nc2ncccn2)cc1. The van der Waals surface area contributed by atoms with Crippen molar-refractivity contribution in [1.29, 1.82) is 0 Å². The largest absolute Gasteiger partial charge is 0.449 e. The van der Waals surface area contributed by atoms with E-state index >= 15 is 0 Å². The third kappa shape index (κ3) is 5.82. The summed E-state index contributed by atoms with van der Waals surface area (Å²) >= 11 is 0. The summed E-state index contributed by atoms with van der Waals surface area (Å²) < 4.78 is 58.3. The molecule has 3 aromatic rings. The predicted molar refractivity (Wildman–Crippen MR) is 109 cm³/mol. The molecule has 0 aliphatic heterocycles. The van der Waals surface area contributed by atoms with Gasteiger partial charge < -0.3 is 10.1 Å². The number of carbonyl (C=O) groups is 2. The molecule has 1 amide bonds. The number of esters is 1. The fraction of sp³-hybridized carbons (Fsp3) is 0.100. The summed E-state index contributed by atoms with van der Waals surface area (Å²) in [6, 6.07) is 8.83. The van der Waals surface area contributed by atoms with Gasteiger partial charge in [0, 0.05) is 24.1 Å². The number of rotatable bonds is 7. The van der Waals surface area contributed by atoms with E-state index in [4.69, 9.17) is 4.74 Å². The van der Waals surface area contributed by atoms with Crippen molar-refractivity contribution in [2.45, 2.75) is 17.9 Å². The molecule has 3 rings (SSSR count). The monoisotopic (exact) mass is 462 g/mol. The molecule has 0 fully saturated rings. The maximum atomic E-state index is 13.2. The number of sulfonamides is 1. The molecule has 2 aromatic carbocycles. The number of anilines is 2. The van der Waals surface area contributed by atoms with Gasteiger partial charge in [-0.3, -0.25) is 4.79 Å². The Morgan fingerprint density at radius 2 is 1.59 bits per heavy atom. The van der Waals surface area contributed by atoms with Crippen molar-refractivity contribution in [3.8, 4) is 0 Å². The van der Waals surface area contributed by atoms with Crippen molar-refractivity contribution < 1.29 is 31.5 Å². The first-order valence-corrected chi connectivity index (χ1v) is 10.5. The number of nitrogens with one attached hydrogen (secondary N) is 2. The number of amides is 1. The van der Waals surface area contributed by atoms with E-state index < -0.39 is 39.6 Å². The van der Waals surface area contributed by atoms with Gasteiger partial charge in [0.1, 0.15) is 11.6 Å². The molecule has 0 bridgehead atoms. The molecule has 0 spiro atoms. The number of hydrogen-bond acceptors (Lipinski definition) is 7. The lowest BCUT2D eigenvalue weighted by molar-refractivity contribution is -0.123. The second-order valence-electron chi connectivity index (χ2n) is 6.40. The van der Waals surface area contributed by atoms with Crippen molar-refractivity contribution >= 4 is 33.5 Å². The van der Waals surface area contributed by atoms with Crippen molar-refractivity contribution in [3.63, 3.8) is 0 Å². The maximum absolute atomic E-state index is 13.2. The van der Waals surface area contributed by atoms with Gasteiger partial charge >= 0.3 is 5.97 Å². The number of carbonyl (C=O) groups excluding carboxylic acids is 2. The normalized spacial score (nSPS) is 12.0. The Kier molecular flexibility index (Phi) is 6.73. The van der Waals surface area contributed by atoms with Gasteiger partial charge in [-0.25, -0.2) is 36.7 Å². The fourth-order valence-corrected chi connectivity index (χ4v) is 3.40. The van der Waals surface area contributed by atoms with Gasteiger partial charge in [0.15, 0.2) is 6.10 Å². The Labute approximate surface area is 181 Å². The Balaban J connectivity index is 1.62. The Bertz CT molecular complexity index is 1220. The molecular weight excluding hydrogens is 446 g/mol. The minimum atomic E-state index is -3.95. The minimum Gasteiger partial charge on any atom is -0.449 e. The van der Waals surface area contributed by atoms with Crippen molar-refractivity contribution in [2.75, 3.05) is 10.0 Å². The summed E-state index contributed by atoms with van der Waals surface area (Å²) in [5.74, 6) is -3.84. The summed E-state index contributed by atoms with van der Waals surface area (Å²) in [6.45, 7) is 1.27. The molecule has 0 aliphatic carbocycles. The molecule has 32 heavy (non-hydrogen) atoms. The summed E-state index contributed by atoms with van der Waals surface area (Å²) in [7, 11) is -3.95. The van der Waals surface area contributed by atoms with Crippen LogP contribution in [0.1, 0.15) is 17.3 Å². The molecule has 12 heteroatoms. The molecule has 0 aliphatic rings. The van der Waals surface area contributed by atoms with Gasteiger partial charge in [-0.1, -0.05) is 0 Å². The van der Waals surface area contributed by atoms with Gasteiger partial charge in [-0.15, -0.1) is 0 Å². The number of halogens is 2. The highest BCUT2D eigenvalue weighted by Gasteiger charge is 2.21. The van der Waals surface area contributed by atoms with Crippen LogP contribution in [0.4, 0.5) is 20.4 Å². The third-order valence-electron chi connectivity index (χ3n) is 3.97. The number of hydrogen-bond donors (Lipinski definition) is 2. The van der Waals surface area contributed by atoms with E-state index in [-0.39, 0.29) is 22.1 Å². The first-order chi connectivity index (χ1) is 15.1. The Morgan fingerprint density at radius 1 is 1.00 bits per heavy atom. The summed E-state index contributed by atoms with van der Waals surface area (Å²) in [5, 5.41) is 2.45. The van der Waals surface area contributed by atoms with Crippen LogP contribution in [0.15, 0.2) is 65.8 Å². The third-order valence-corrected chi connectivity index (χ3v) is 5.32. The van der Waals surface area contributed by atoms with Crippen molar-refractivity contribution in [2.24, 2.45) is 0 Å². The molecule has 1 atom stereocenters. The lowest BCUT2D eigenvalue weighted by Gasteiger charge is -2.14. The van der Waals surface area contributed by atoms with Crippen LogP contribution in [0.25, 0.3) is 0 Å². The van der Waals surface area contributed by atoms with E-state index in [0.717, 1.165) is 12.1 Å². The molecular formula is C20H16F2N4O5S. The summed E-state index contributed by atoms with van der Waals surface area (Å²) in [6.07, 6.45) is 1.46. The number of aromatic nitrogens is 2. The van der Waals surface area contributed by atoms with E-state index in [1.165, 1.54) is 49.6 Å². The molecule has 1 unspecified atom stereocenters. The van der Waals surface area contributed by atoms with Crippen LogP contribution in [-0.4, -0.2) is 36.4 Å². The lowest BCUT2D eigenvalue weighted by atomic mass is 10.2. The second-order valence-corrected chi connectivity index (χ2v) is 8.08. The Morgan fingerprint density at radius 3 is 2.19 bits per heavy atom. The average molecular weight is 462 g/mol. The molecule has 2 N–H and O–H groups in total. The van der Waals surface area contributed by atoms with Crippen LogP contribution in [0.2, 0.25) is 0 Å². The molecule has 1 heterocycles. The molecule has 0 saturated carbocycles. The van der Waals surface area contributed by atoms with Crippen LogP contribution in [0, 0.1) is 11.6 Å². The lowest BCUT2D eigenvalue weighted by Crippen LogP contribution is -2.30. The quantitative estimate of drug-likeness (QED) is 0.517. The van der Waals surface area contributed by atoms with Crippen LogP contribution >= 0.6 is 0 Å². The first-order valence-electron chi connectivity index (χ1n) is 9.02. The summed E-state index contributed by atoms with van der Waals surface area (Å²) in [5.41, 5.74) is -0.156. The molecule has 9 nitrogen and oxygen atoms in total. The number of benzene rings is 2. The van der Waals surface area contributed by atoms with Crippen LogP contribution < -0.4 is 10.0 Å². The molecule has 1 aromatic heterocycles. The zero-order valence-electron chi connectivity index (χ0n) is 16.5. The zero-order valence-corrected chi connectivity index (χ0v) is 17.3. The molecule has 0 radical (unpaired) electrons. The minimum absolute atomic E-state index is 0.0984. The smallest absolute Gasteiger partial charge is 0.339 e. The summed E-state index contributed by atoms with van der Waals surface area (Å²) in [4.78, 5) is 31.7. The number of nitrogens with zero attached hydrogens (tertiary/aromatic N) is 2. The van der Waals surface area contributed by atoms with Gasteiger partial charge in [0.05, 0.1) is 10.5 Å². The predicted octanol–water partition coefficient (Wildman–Crippen LogP) is 2.74. The first kappa shape index (κ1) is 22.7. The Hall–Kier alpha value is -3.93. The van der Waals surface area contributed by atoms with Crippen LogP contribution in [0.5, 0.6) is 0 Å². The average Bonchev–Trinajstić information content (AvgIpc) is 2.73. The topological polar surface area (TPSA) is 127 Å². The van der Waals surface area contributed by atoms with Crippen molar-refractivity contribution in [3.05, 3.63) is 78.1 Å². The number of ether oxygens (including phenoxy) is 1. The van der Waals surface area contributed by atoms with Gasteiger partial charge in [0.2, 0.25) is 5.95 Å². The van der Waals surface area contributed by atoms with E-state index in [1.807, 2.05) is 0 Å². The van der Waals surface area contributed by atoms with Gasteiger partial charge in [0.25, 0.3) is 15.9 Å². The highest BCUT2D eigenvalue weighted by atomic mass is 32.2. The van der Waals surface area contributed by atoms with Gasteiger partial charge in [-0.2, -0.15) is 0 Å². The second kappa shape index (κ2) is 9.47. The maximum Gasteiger partial charge on any atom is 0.339 e. The zero-order chi connectivity index (χ0) is 23.3. The highest BCUT2D eigenvalue weighted by molar-refractivity contribution is 7.92. The molecule has 166 valence electrons. The van der Waals surface area contributed by atoms with E-state index in [2.05, 4.69) is 20.0 Å². The fourth-order valence-electron chi connectivity index (χ4n) is 2.45.